The number of aliphatic hydroxyl groups is 2. The van der Waals surface area contributed by atoms with Gasteiger partial charge < -0.3 is 29.6 Å². The number of amides is 1. The molecule has 1 amide bonds. The van der Waals surface area contributed by atoms with Gasteiger partial charge in [-0.25, -0.2) is 14.2 Å². The molecule has 1 saturated carbocycles. The minimum absolute atomic E-state index is 0.00188. The Balaban J connectivity index is 1.42. The molecule has 1 fully saturated rings. The van der Waals surface area contributed by atoms with Gasteiger partial charge in [0.05, 0.1) is 53.3 Å². The lowest BCUT2D eigenvalue weighted by Gasteiger charge is -2.31. The van der Waals surface area contributed by atoms with Crippen molar-refractivity contribution in [2.24, 2.45) is 0 Å². The largest absolute Gasteiger partial charge is 0.458 e. The van der Waals surface area contributed by atoms with Crippen molar-refractivity contribution in [1.29, 1.82) is 0 Å². The Hall–Kier alpha value is -3.38. The maximum atomic E-state index is 15.0. The minimum Gasteiger partial charge on any atom is -0.458 e. The van der Waals surface area contributed by atoms with Crippen LogP contribution in [-0.2, 0) is 44.2 Å². The Labute approximate surface area is 238 Å². The van der Waals surface area contributed by atoms with Gasteiger partial charge in [-0.15, -0.1) is 0 Å². The van der Waals surface area contributed by atoms with Gasteiger partial charge in [-0.2, -0.15) is 0 Å². The van der Waals surface area contributed by atoms with Crippen LogP contribution >= 0.6 is 11.6 Å². The molecule has 4 heterocycles. The monoisotopic (exact) mass is 583 g/mol. The lowest BCUT2D eigenvalue weighted by Crippen LogP contribution is -2.44. The Kier molecular flexibility index (Phi) is 5.86. The summed E-state index contributed by atoms with van der Waals surface area (Å²) in [7, 11) is 0. The lowest BCUT2D eigenvalue weighted by molar-refractivity contribution is -0.172. The molecule has 7 rings (SSSR count). The summed E-state index contributed by atoms with van der Waals surface area (Å²) in [6.07, 6.45) is 1.92. The molecule has 3 aromatic rings. The smallest absolute Gasteiger partial charge is 0.343 e. The van der Waals surface area contributed by atoms with E-state index in [0.29, 0.717) is 64.7 Å². The zero-order chi connectivity index (χ0) is 28.8. The molecule has 3 N–H and O–H groups in total. The van der Waals surface area contributed by atoms with Crippen molar-refractivity contribution in [3.8, 4) is 11.4 Å². The van der Waals surface area contributed by atoms with Crippen molar-refractivity contribution in [2.45, 2.75) is 69.4 Å². The van der Waals surface area contributed by atoms with E-state index in [1.165, 1.54) is 10.6 Å². The second-order valence-electron chi connectivity index (χ2n) is 11.1. The molecule has 0 radical (unpaired) electrons. The molecular formula is C29H27ClFN3O7. The van der Waals surface area contributed by atoms with E-state index < -0.39 is 34.6 Å². The van der Waals surface area contributed by atoms with Gasteiger partial charge in [0.25, 0.3) is 11.5 Å². The van der Waals surface area contributed by atoms with Gasteiger partial charge in [0.1, 0.15) is 18.0 Å². The van der Waals surface area contributed by atoms with Crippen molar-refractivity contribution >= 4 is 34.4 Å². The third kappa shape index (κ3) is 3.65. The van der Waals surface area contributed by atoms with Gasteiger partial charge >= 0.3 is 5.97 Å². The van der Waals surface area contributed by atoms with Crippen LogP contribution in [0.3, 0.4) is 0 Å². The summed E-state index contributed by atoms with van der Waals surface area (Å²) in [6, 6.07) is 2.35. The van der Waals surface area contributed by atoms with Crippen LogP contribution in [0.1, 0.15) is 66.5 Å². The first-order chi connectivity index (χ1) is 19.6. The average Bonchev–Trinajstić information content (AvgIpc) is 3.67. The van der Waals surface area contributed by atoms with Crippen molar-refractivity contribution < 1.29 is 33.7 Å². The third-order valence-electron chi connectivity index (χ3n) is 8.93. The molecule has 2 aliphatic carbocycles. The molecule has 2 atom stereocenters. The number of nitrogens with one attached hydrogen (secondary N) is 1. The number of halogens is 2. The fraction of sp³-hybridized carbons (Fsp3) is 0.448. The highest BCUT2D eigenvalue weighted by Gasteiger charge is 2.52. The molecule has 0 bridgehead atoms. The molecule has 4 aliphatic rings. The quantitative estimate of drug-likeness (QED) is 0.294. The fourth-order valence-corrected chi connectivity index (χ4v) is 6.82. The first-order valence-corrected chi connectivity index (χ1v) is 14.1. The average molecular weight is 584 g/mol. The van der Waals surface area contributed by atoms with Crippen LogP contribution in [0.2, 0.25) is 5.02 Å². The number of aryl methyl sites for hydroxylation is 1. The number of rotatable bonds is 6. The zero-order valence-electron chi connectivity index (χ0n) is 22.2. The van der Waals surface area contributed by atoms with Crippen LogP contribution in [0.15, 0.2) is 16.9 Å². The predicted octanol–water partition coefficient (Wildman–Crippen LogP) is 2.52. The summed E-state index contributed by atoms with van der Waals surface area (Å²) in [6.45, 7) is 1.34. The first kappa shape index (κ1) is 26.5. The second-order valence-corrected chi connectivity index (χ2v) is 11.5. The molecular weight excluding hydrogens is 557 g/mol. The minimum atomic E-state index is -1.98. The summed E-state index contributed by atoms with van der Waals surface area (Å²) in [5.74, 6) is -1.73. The molecule has 214 valence electrons. The van der Waals surface area contributed by atoms with E-state index in [1.807, 2.05) is 0 Å². The summed E-state index contributed by atoms with van der Waals surface area (Å²) < 4.78 is 27.3. The van der Waals surface area contributed by atoms with E-state index >= 15 is 0 Å². The van der Waals surface area contributed by atoms with Crippen LogP contribution in [-0.4, -0.2) is 50.5 Å². The van der Waals surface area contributed by atoms with Crippen LogP contribution in [0, 0.1) is 5.82 Å². The summed E-state index contributed by atoms with van der Waals surface area (Å²) >= 11 is 6.42. The van der Waals surface area contributed by atoms with Crippen LogP contribution in [0.4, 0.5) is 4.39 Å². The maximum absolute atomic E-state index is 15.0. The van der Waals surface area contributed by atoms with Crippen molar-refractivity contribution in [3.63, 3.8) is 0 Å². The van der Waals surface area contributed by atoms with Gasteiger partial charge in [0.2, 0.25) is 0 Å². The number of ether oxygens (including phenoxy) is 2. The second kappa shape index (κ2) is 9.06. The number of carbonyl (C=O) groups excluding carboxylic acids is 2. The first-order valence-electron chi connectivity index (χ1n) is 13.7. The molecule has 0 spiro atoms. The Bertz CT molecular complexity index is 1750. The topological polar surface area (TPSA) is 140 Å². The maximum Gasteiger partial charge on any atom is 0.343 e. The standard InChI is InChI=1S/C29H27ClFN3O7/c1-2-29(39)16-9-20-24-14(11-34(20)25(36)15(16)12-40-27(29)38)22-18(33-26(37)28(5-6-28)41-8-7-35)4-3-13-21(22)19(32-24)10-17(31)23(13)30/h9-10,18,35,39H,2-8,11-12H2,1H3,(H,33,37)/t18-,29-/m0/s1. The number of nitrogens with zero attached hydrogens (tertiary/aromatic N) is 2. The van der Waals surface area contributed by atoms with Gasteiger partial charge in [-0.05, 0) is 49.3 Å². The molecule has 2 aliphatic heterocycles. The van der Waals surface area contributed by atoms with Crippen LogP contribution in [0.5, 0.6) is 0 Å². The molecule has 41 heavy (non-hydrogen) atoms. The number of fused-ring (bicyclic) bond motifs is 5. The summed E-state index contributed by atoms with van der Waals surface area (Å²) in [5.41, 5.74) is 0.103. The number of benzene rings is 1. The highest BCUT2D eigenvalue weighted by atomic mass is 35.5. The van der Waals surface area contributed by atoms with Crippen molar-refractivity contribution in [2.75, 3.05) is 13.2 Å². The molecule has 0 saturated heterocycles. The fourth-order valence-electron chi connectivity index (χ4n) is 6.58. The molecule has 1 aromatic carbocycles. The van der Waals surface area contributed by atoms with Gasteiger partial charge in [-0.3, -0.25) is 9.59 Å². The molecule has 10 nitrogen and oxygen atoms in total. The number of aliphatic hydroxyl groups excluding tert-OH is 1. The van der Waals surface area contributed by atoms with Crippen molar-refractivity contribution in [3.05, 3.63) is 61.1 Å². The van der Waals surface area contributed by atoms with Crippen LogP contribution < -0.4 is 10.9 Å². The molecule has 0 unspecified atom stereocenters. The zero-order valence-corrected chi connectivity index (χ0v) is 22.9. The predicted molar refractivity (Wildman–Crippen MR) is 144 cm³/mol. The van der Waals surface area contributed by atoms with E-state index in [1.54, 1.807) is 13.0 Å². The molecule has 12 heteroatoms. The van der Waals surface area contributed by atoms with E-state index in [-0.39, 0.29) is 54.8 Å². The third-order valence-corrected chi connectivity index (χ3v) is 9.34. The number of carbonyl (C=O) groups is 2. The normalized spacial score (nSPS) is 23.0. The molecule has 2 aromatic heterocycles. The number of esters is 1. The Morgan fingerprint density at radius 1 is 1.29 bits per heavy atom. The van der Waals surface area contributed by atoms with E-state index in [2.05, 4.69) is 5.32 Å². The highest BCUT2D eigenvalue weighted by Crippen LogP contribution is 2.48. The van der Waals surface area contributed by atoms with Crippen molar-refractivity contribution in [1.82, 2.24) is 14.9 Å². The van der Waals surface area contributed by atoms with Gasteiger partial charge in [0.15, 0.2) is 5.60 Å². The van der Waals surface area contributed by atoms with Gasteiger partial charge in [0, 0.05) is 22.6 Å². The number of pyridine rings is 2. The highest BCUT2D eigenvalue weighted by molar-refractivity contribution is 6.32. The summed E-state index contributed by atoms with van der Waals surface area (Å²) in [4.78, 5) is 44.4. The Morgan fingerprint density at radius 3 is 2.78 bits per heavy atom. The number of aromatic nitrogens is 2. The summed E-state index contributed by atoms with van der Waals surface area (Å²) in [5, 5.41) is 24.2. The van der Waals surface area contributed by atoms with E-state index in [9.17, 15) is 29.0 Å². The Morgan fingerprint density at radius 2 is 2.07 bits per heavy atom. The van der Waals surface area contributed by atoms with E-state index in [4.69, 9.17) is 26.1 Å². The number of hydrogen-bond donors (Lipinski definition) is 3. The van der Waals surface area contributed by atoms with Crippen LogP contribution in [0.25, 0.3) is 22.3 Å². The number of hydrogen-bond acceptors (Lipinski definition) is 8. The lowest BCUT2D eigenvalue weighted by atomic mass is 9.83. The van der Waals surface area contributed by atoms with E-state index in [0.717, 1.165) is 0 Å². The SMILES string of the molecule is CC[C@@]1(O)C(=O)OCc2c1cc1n(c2=O)Cc2c-1nc1cc(F)c(Cl)c3c1c2[C@@H](NC(=O)C1(OCCO)CC1)CC3. The van der Waals surface area contributed by atoms with Gasteiger partial charge in [-0.1, -0.05) is 18.5 Å². The number of cyclic esters (lactones) is 1.